The van der Waals surface area contributed by atoms with Gasteiger partial charge in [-0.05, 0) is 31.4 Å². The lowest BCUT2D eigenvalue weighted by Gasteiger charge is -2.12. The quantitative estimate of drug-likeness (QED) is 0.594. The monoisotopic (exact) mass is 386 g/mol. The molecule has 3 rings (SSSR count). The molecule has 142 valence electrons. The van der Waals surface area contributed by atoms with Gasteiger partial charge in [0.1, 0.15) is 16.4 Å². The number of carbonyl (C=O) groups is 1. The highest BCUT2D eigenvalue weighted by atomic mass is 32.1. The SMILES string of the molecule is CCc1nc2scc(C(=O)O)c2c(=O)n1CCCCOc1ccccc1C. The van der Waals surface area contributed by atoms with Crippen molar-refractivity contribution in [1.82, 2.24) is 9.55 Å². The molecule has 7 heteroatoms. The number of aromatic carboxylic acids is 1. The fourth-order valence-electron chi connectivity index (χ4n) is 3.00. The van der Waals surface area contributed by atoms with E-state index in [0.717, 1.165) is 24.2 Å². The third-order valence-electron chi connectivity index (χ3n) is 4.45. The van der Waals surface area contributed by atoms with Crippen LogP contribution in [0.3, 0.4) is 0 Å². The van der Waals surface area contributed by atoms with Crippen molar-refractivity contribution in [3.05, 3.63) is 57.0 Å². The molecule has 0 fully saturated rings. The fraction of sp³-hybridized carbons (Fsp3) is 0.350. The maximum Gasteiger partial charge on any atom is 0.337 e. The van der Waals surface area contributed by atoms with E-state index in [-0.39, 0.29) is 16.5 Å². The Morgan fingerprint density at radius 2 is 2.07 bits per heavy atom. The second kappa shape index (κ2) is 8.35. The van der Waals surface area contributed by atoms with Gasteiger partial charge in [-0.25, -0.2) is 9.78 Å². The van der Waals surface area contributed by atoms with Crippen LogP contribution in [-0.2, 0) is 13.0 Å². The van der Waals surface area contributed by atoms with E-state index >= 15 is 0 Å². The van der Waals surface area contributed by atoms with Gasteiger partial charge >= 0.3 is 5.97 Å². The van der Waals surface area contributed by atoms with Crippen molar-refractivity contribution in [2.75, 3.05) is 6.61 Å². The maximum atomic E-state index is 12.9. The van der Waals surface area contributed by atoms with Crippen molar-refractivity contribution in [2.45, 2.75) is 39.7 Å². The molecular formula is C20H22N2O4S. The Bertz CT molecular complexity index is 1020. The van der Waals surface area contributed by atoms with Crippen LogP contribution in [0.2, 0.25) is 0 Å². The highest BCUT2D eigenvalue weighted by Crippen LogP contribution is 2.22. The second-order valence-corrected chi connectivity index (χ2v) is 7.15. The Hall–Kier alpha value is -2.67. The molecule has 0 saturated carbocycles. The molecule has 1 aromatic carbocycles. The average molecular weight is 386 g/mol. The predicted molar refractivity (Wildman–Crippen MR) is 106 cm³/mol. The molecule has 0 bridgehead atoms. The number of para-hydroxylation sites is 1. The van der Waals surface area contributed by atoms with Gasteiger partial charge in [0.15, 0.2) is 0 Å². The first-order chi connectivity index (χ1) is 13.0. The lowest BCUT2D eigenvalue weighted by atomic mass is 10.2. The minimum atomic E-state index is -1.09. The summed E-state index contributed by atoms with van der Waals surface area (Å²) in [6.45, 7) is 5.01. The maximum absolute atomic E-state index is 12.9. The summed E-state index contributed by atoms with van der Waals surface area (Å²) in [5, 5.41) is 11.0. The first-order valence-corrected chi connectivity index (χ1v) is 9.83. The topological polar surface area (TPSA) is 81.4 Å². The number of hydrogen-bond acceptors (Lipinski definition) is 5. The second-order valence-electron chi connectivity index (χ2n) is 6.29. The molecule has 0 saturated heterocycles. The first kappa shape index (κ1) is 19.1. The Morgan fingerprint density at radius 3 is 2.78 bits per heavy atom. The Labute approximate surface area is 161 Å². The first-order valence-electron chi connectivity index (χ1n) is 8.95. The minimum Gasteiger partial charge on any atom is -0.493 e. The highest BCUT2D eigenvalue weighted by molar-refractivity contribution is 7.17. The van der Waals surface area contributed by atoms with Crippen LogP contribution in [0.1, 0.15) is 41.5 Å². The summed E-state index contributed by atoms with van der Waals surface area (Å²) < 4.78 is 7.40. The Kier molecular flexibility index (Phi) is 5.91. The van der Waals surface area contributed by atoms with E-state index in [1.807, 2.05) is 38.1 Å². The normalized spacial score (nSPS) is 11.0. The molecule has 27 heavy (non-hydrogen) atoms. The van der Waals surface area contributed by atoms with Gasteiger partial charge in [0.2, 0.25) is 0 Å². The van der Waals surface area contributed by atoms with E-state index in [0.29, 0.717) is 30.2 Å². The van der Waals surface area contributed by atoms with Gasteiger partial charge < -0.3 is 9.84 Å². The number of nitrogens with zero attached hydrogens (tertiary/aromatic N) is 2. The molecule has 2 heterocycles. The van der Waals surface area contributed by atoms with Crippen LogP contribution in [0.5, 0.6) is 5.75 Å². The summed E-state index contributed by atoms with van der Waals surface area (Å²) in [7, 11) is 0. The summed E-state index contributed by atoms with van der Waals surface area (Å²) in [5.74, 6) is 0.463. The number of fused-ring (bicyclic) bond motifs is 1. The number of unbranched alkanes of at least 4 members (excludes halogenated alkanes) is 1. The molecule has 0 aliphatic carbocycles. The van der Waals surface area contributed by atoms with Gasteiger partial charge in [-0.3, -0.25) is 9.36 Å². The van der Waals surface area contributed by atoms with Crippen molar-refractivity contribution in [1.29, 1.82) is 0 Å². The molecule has 0 aliphatic rings. The number of hydrogen-bond donors (Lipinski definition) is 1. The van der Waals surface area contributed by atoms with E-state index in [9.17, 15) is 14.7 Å². The minimum absolute atomic E-state index is 0.0341. The summed E-state index contributed by atoms with van der Waals surface area (Å²) in [6, 6.07) is 7.86. The Morgan fingerprint density at radius 1 is 1.30 bits per heavy atom. The molecule has 2 aromatic heterocycles. The van der Waals surface area contributed by atoms with E-state index in [2.05, 4.69) is 4.98 Å². The standard InChI is InChI=1S/C20H22N2O4S/c1-3-16-21-18-17(14(12-27-18)20(24)25)19(23)22(16)10-6-7-11-26-15-9-5-4-8-13(15)2/h4-5,8-9,12H,3,6-7,10-11H2,1-2H3,(H,24,25). The van der Waals surface area contributed by atoms with Crippen molar-refractivity contribution in [3.63, 3.8) is 0 Å². The number of benzene rings is 1. The third kappa shape index (κ3) is 4.03. The summed E-state index contributed by atoms with van der Waals surface area (Å²) in [4.78, 5) is 29.2. The van der Waals surface area contributed by atoms with Crippen LogP contribution in [0, 0.1) is 6.92 Å². The molecule has 0 radical (unpaired) electrons. The van der Waals surface area contributed by atoms with Gasteiger partial charge in [0.05, 0.1) is 17.6 Å². The zero-order valence-corrected chi connectivity index (χ0v) is 16.2. The number of aryl methyl sites for hydroxylation is 2. The van der Waals surface area contributed by atoms with Crippen LogP contribution >= 0.6 is 11.3 Å². The van der Waals surface area contributed by atoms with Crippen molar-refractivity contribution < 1.29 is 14.6 Å². The highest BCUT2D eigenvalue weighted by Gasteiger charge is 2.18. The van der Waals surface area contributed by atoms with Crippen LogP contribution < -0.4 is 10.3 Å². The van der Waals surface area contributed by atoms with E-state index in [1.54, 1.807) is 4.57 Å². The van der Waals surface area contributed by atoms with Gasteiger partial charge in [-0.15, -0.1) is 11.3 Å². The molecule has 0 amide bonds. The van der Waals surface area contributed by atoms with E-state index in [1.165, 1.54) is 16.7 Å². The third-order valence-corrected chi connectivity index (χ3v) is 5.32. The number of aromatic nitrogens is 2. The molecule has 1 N–H and O–H groups in total. The molecule has 0 spiro atoms. The lowest BCUT2D eigenvalue weighted by Crippen LogP contribution is -2.26. The van der Waals surface area contributed by atoms with Crippen molar-refractivity contribution in [3.8, 4) is 5.75 Å². The molecule has 0 atom stereocenters. The van der Waals surface area contributed by atoms with Gasteiger partial charge in [0, 0.05) is 18.3 Å². The van der Waals surface area contributed by atoms with E-state index in [4.69, 9.17) is 4.74 Å². The lowest BCUT2D eigenvalue weighted by molar-refractivity contribution is 0.0699. The van der Waals surface area contributed by atoms with Crippen LogP contribution in [0.4, 0.5) is 0 Å². The fourth-order valence-corrected chi connectivity index (χ4v) is 3.92. The molecule has 0 unspecified atom stereocenters. The molecule has 0 aliphatic heterocycles. The van der Waals surface area contributed by atoms with Gasteiger partial charge in [0.25, 0.3) is 5.56 Å². The zero-order valence-electron chi connectivity index (χ0n) is 15.4. The summed E-state index contributed by atoms with van der Waals surface area (Å²) >= 11 is 1.20. The smallest absolute Gasteiger partial charge is 0.337 e. The summed E-state index contributed by atoms with van der Waals surface area (Å²) in [6.07, 6.45) is 2.15. The number of thiophene rings is 1. The van der Waals surface area contributed by atoms with Crippen LogP contribution in [-0.4, -0.2) is 27.2 Å². The average Bonchev–Trinajstić information content (AvgIpc) is 3.08. The number of carboxylic acids is 1. The largest absolute Gasteiger partial charge is 0.493 e. The molecule has 6 nitrogen and oxygen atoms in total. The number of rotatable bonds is 8. The van der Waals surface area contributed by atoms with Crippen molar-refractivity contribution in [2.24, 2.45) is 0 Å². The zero-order chi connectivity index (χ0) is 19.4. The molecular weight excluding hydrogens is 364 g/mol. The van der Waals surface area contributed by atoms with E-state index < -0.39 is 5.97 Å². The van der Waals surface area contributed by atoms with Crippen molar-refractivity contribution >= 4 is 27.5 Å². The van der Waals surface area contributed by atoms with Crippen LogP contribution in [0.15, 0.2) is 34.4 Å². The number of carboxylic acid groups (broad SMARTS) is 1. The van der Waals surface area contributed by atoms with Gasteiger partial charge in [-0.2, -0.15) is 0 Å². The Balaban J connectivity index is 1.71. The molecule has 3 aromatic rings. The number of ether oxygens (including phenoxy) is 1. The predicted octanol–water partition coefficient (Wildman–Crippen LogP) is 3.89. The van der Waals surface area contributed by atoms with Crippen LogP contribution in [0.25, 0.3) is 10.2 Å². The van der Waals surface area contributed by atoms with Gasteiger partial charge in [-0.1, -0.05) is 25.1 Å². The summed E-state index contributed by atoms with van der Waals surface area (Å²) in [5.41, 5.74) is 0.859.